The highest BCUT2D eigenvalue weighted by Gasteiger charge is 2.08. The van der Waals surface area contributed by atoms with E-state index in [9.17, 15) is 9.59 Å². The average molecular weight is 440 g/mol. The molecule has 0 unspecified atom stereocenters. The van der Waals surface area contributed by atoms with Gasteiger partial charge in [0, 0.05) is 22.3 Å². The molecule has 0 fully saturated rings. The first-order chi connectivity index (χ1) is 12.5. The van der Waals surface area contributed by atoms with Crippen molar-refractivity contribution in [1.82, 2.24) is 5.32 Å². The molecule has 2 aromatic rings. The highest BCUT2D eigenvalue weighted by molar-refractivity contribution is 9.10. The number of rotatable bonds is 8. The Labute approximate surface area is 166 Å². The number of anilines is 1. The molecule has 0 heterocycles. The molecule has 26 heavy (non-hydrogen) atoms. The fourth-order valence-corrected chi connectivity index (χ4v) is 2.85. The van der Waals surface area contributed by atoms with Crippen LogP contribution in [0.1, 0.15) is 30.1 Å². The van der Waals surface area contributed by atoms with Crippen molar-refractivity contribution in [2.75, 3.05) is 18.5 Å². The van der Waals surface area contributed by atoms with Crippen molar-refractivity contribution in [3.63, 3.8) is 0 Å². The first-order valence-corrected chi connectivity index (χ1v) is 9.42. The summed E-state index contributed by atoms with van der Waals surface area (Å²) in [6.07, 6.45) is 1.97. The second-order valence-electron chi connectivity index (χ2n) is 5.60. The first kappa shape index (κ1) is 20.3. The van der Waals surface area contributed by atoms with Gasteiger partial charge in [-0.2, -0.15) is 0 Å². The van der Waals surface area contributed by atoms with Crippen LogP contribution in [0.4, 0.5) is 5.69 Å². The molecule has 2 amide bonds. The van der Waals surface area contributed by atoms with Gasteiger partial charge >= 0.3 is 0 Å². The number of benzene rings is 2. The van der Waals surface area contributed by atoms with Gasteiger partial charge < -0.3 is 15.4 Å². The lowest BCUT2D eigenvalue weighted by atomic mass is 10.2. The second kappa shape index (κ2) is 10.2. The quantitative estimate of drug-likeness (QED) is 0.588. The molecular formula is C19H20BrClN2O3. The van der Waals surface area contributed by atoms with Gasteiger partial charge in [0.1, 0.15) is 5.75 Å². The summed E-state index contributed by atoms with van der Waals surface area (Å²) in [7, 11) is 0. The normalized spacial score (nSPS) is 10.3. The zero-order valence-electron chi connectivity index (χ0n) is 14.4. The molecule has 5 nitrogen and oxygen atoms in total. The minimum absolute atomic E-state index is 0.121. The third-order valence-corrected chi connectivity index (χ3v) is 4.29. The van der Waals surface area contributed by atoms with Crippen LogP contribution in [0.2, 0.25) is 5.02 Å². The predicted molar refractivity (Wildman–Crippen MR) is 107 cm³/mol. The van der Waals surface area contributed by atoms with Crippen LogP contribution >= 0.6 is 27.5 Å². The van der Waals surface area contributed by atoms with E-state index in [4.69, 9.17) is 16.3 Å². The predicted octanol–water partition coefficient (Wildman–Crippen LogP) is 4.65. The van der Waals surface area contributed by atoms with E-state index < -0.39 is 0 Å². The largest absolute Gasteiger partial charge is 0.482 e. The van der Waals surface area contributed by atoms with Gasteiger partial charge in [0.25, 0.3) is 11.8 Å². The van der Waals surface area contributed by atoms with Crippen molar-refractivity contribution in [3.05, 3.63) is 57.5 Å². The Morgan fingerprint density at radius 2 is 1.88 bits per heavy atom. The van der Waals surface area contributed by atoms with Crippen LogP contribution in [0.3, 0.4) is 0 Å². The highest BCUT2D eigenvalue weighted by atomic mass is 79.9. The molecule has 0 saturated carbocycles. The summed E-state index contributed by atoms with van der Waals surface area (Å²) in [4.78, 5) is 23.9. The number of nitrogens with one attached hydrogen (secondary N) is 2. The monoisotopic (exact) mass is 438 g/mol. The van der Waals surface area contributed by atoms with Crippen LogP contribution in [0, 0.1) is 0 Å². The topological polar surface area (TPSA) is 67.4 Å². The van der Waals surface area contributed by atoms with Gasteiger partial charge in [0.05, 0.1) is 5.02 Å². The lowest BCUT2D eigenvalue weighted by Crippen LogP contribution is -2.24. The van der Waals surface area contributed by atoms with E-state index in [0.717, 1.165) is 17.3 Å². The van der Waals surface area contributed by atoms with E-state index in [1.165, 1.54) is 0 Å². The average Bonchev–Trinajstić information content (AvgIpc) is 2.61. The molecule has 0 aromatic heterocycles. The van der Waals surface area contributed by atoms with Crippen molar-refractivity contribution in [1.29, 1.82) is 0 Å². The molecule has 138 valence electrons. The zero-order valence-corrected chi connectivity index (χ0v) is 16.7. The van der Waals surface area contributed by atoms with Crippen LogP contribution in [-0.4, -0.2) is 25.0 Å². The maximum absolute atomic E-state index is 12.0. The summed E-state index contributed by atoms with van der Waals surface area (Å²) in [5, 5.41) is 5.98. The van der Waals surface area contributed by atoms with Crippen molar-refractivity contribution in [3.8, 4) is 5.75 Å². The Kier molecular flexibility index (Phi) is 7.94. The summed E-state index contributed by atoms with van der Waals surface area (Å²) >= 11 is 9.35. The van der Waals surface area contributed by atoms with E-state index in [1.54, 1.807) is 42.5 Å². The number of carbonyl (C=O) groups is 2. The van der Waals surface area contributed by atoms with Crippen LogP contribution in [0.15, 0.2) is 46.9 Å². The van der Waals surface area contributed by atoms with Gasteiger partial charge in [-0.3, -0.25) is 9.59 Å². The molecule has 2 rings (SSSR count). The van der Waals surface area contributed by atoms with Crippen LogP contribution in [-0.2, 0) is 4.79 Å². The molecule has 0 radical (unpaired) electrons. The third kappa shape index (κ3) is 6.35. The number of hydrogen-bond donors (Lipinski definition) is 2. The minimum Gasteiger partial charge on any atom is -0.482 e. The molecule has 2 N–H and O–H groups in total. The van der Waals surface area contributed by atoms with Gasteiger partial charge in [0.15, 0.2) is 6.61 Å². The number of unbranched alkanes of at least 4 members (excludes halogenated alkanes) is 1. The zero-order chi connectivity index (χ0) is 18.9. The Hall–Kier alpha value is -2.05. The van der Waals surface area contributed by atoms with Gasteiger partial charge in [-0.25, -0.2) is 0 Å². The van der Waals surface area contributed by atoms with Crippen LogP contribution in [0.25, 0.3) is 0 Å². The van der Waals surface area contributed by atoms with E-state index in [-0.39, 0.29) is 18.4 Å². The number of ether oxygens (including phenoxy) is 1. The molecule has 0 aliphatic carbocycles. The SMILES string of the molecule is CCCCNC(=O)c1ccc(NC(=O)COc2ccc(Br)cc2Cl)cc1. The van der Waals surface area contributed by atoms with E-state index in [1.807, 2.05) is 0 Å². The van der Waals surface area contributed by atoms with E-state index in [2.05, 4.69) is 33.5 Å². The Balaban J connectivity index is 1.84. The fourth-order valence-electron chi connectivity index (χ4n) is 2.12. The molecule has 2 aromatic carbocycles. The lowest BCUT2D eigenvalue weighted by Gasteiger charge is -2.10. The van der Waals surface area contributed by atoms with Crippen molar-refractivity contribution in [2.45, 2.75) is 19.8 Å². The van der Waals surface area contributed by atoms with Crippen molar-refractivity contribution in [2.24, 2.45) is 0 Å². The fraction of sp³-hybridized carbons (Fsp3) is 0.263. The van der Waals surface area contributed by atoms with E-state index in [0.29, 0.717) is 28.6 Å². The maximum atomic E-state index is 12.0. The Bertz CT molecular complexity index is 766. The Morgan fingerprint density at radius 1 is 1.15 bits per heavy atom. The number of amides is 2. The third-order valence-electron chi connectivity index (χ3n) is 3.50. The van der Waals surface area contributed by atoms with Gasteiger partial charge in [0.2, 0.25) is 0 Å². The number of hydrogen-bond acceptors (Lipinski definition) is 3. The molecule has 0 atom stereocenters. The summed E-state index contributed by atoms with van der Waals surface area (Å²) in [6.45, 7) is 2.56. The van der Waals surface area contributed by atoms with Crippen molar-refractivity contribution >= 4 is 45.0 Å². The minimum atomic E-state index is -0.316. The summed E-state index contributed by atoms with van der Waals surface area (Å²) in [5.41, 5.74) is 1.14. The maximum Gasteiger partial charge on any atom is 0.262 e. The van der Waals surface area contributed by atoms with E-state index >= 15 is 0 Å². The molecule has 0 saturated heterocycles. The van der Waals surface area contributed by atoms with Crippen molar-refractivity contribution < 1.29 is 14.3 Å². The summed E-state index contributed by atoms with van der Waals surface area (Å²) in [5.74, 6) is -0.00205. The lowest BCUT2D eigenvalue weighted by molar-refractivity contribution is -0.118. The van der Waals surface area contributed by atoms with Crippen LogP contribution in [0.5, 0.6) is 5.75 Å². The second-order valence-corrected chi connectivity index (χ2v) is 6.92. The van der Waals surface area contributed by atoms with Gasteiger partial charge in [-0.15, -0.1) is 0 Å². The number of halogens is 2. The van der Waals surface area contributed by atoms with Crippen LogP contribution < -0.4 is 15.4 Å². The molecule has 0 bridgehead atoms. The summed E-state index contributed by atoms with van der Waals surface area (Å²) < 4.78 is 6.25. The molecular weight excluding hydrogens is 420 g/mol. The van der Waals surface area contributed by atoms with Gasteiger partial charge in [-0.1, -0.05) is 40.9 Å². The first-order valence-electron chi connectivity index (χ1n) is 8.25. The standard InChI is InChI=1S/C19H20BrClN2O3/c1-2-3-10-22-19(25)13-4-7-15(8-5-13)23-18(24)12-26-17-9-6-14(20)11-16(17)21/h4-9,11H,2-3,10,12H2,1H3,(H,22,25)(H,23,24). The van der Waals surface area contributed by atoms with Gasteiger partial charge in [-0.05, 0) is 48.9 Å². The molecule has 0 aliphatic heterocycles. The highest BCUT2D eigenvalue weighted by Crippen LogP contribution is 2.27. The molecule has 0 aliphatic rings. The smallest absolute Gasteiger partial charge is 0.262 e. The Morgan fingerprint density at radius 3 is 2.54 bits per heavy atom. The molecule has 0 spiro atoms. The molecule has 7 heteroatoms. The summed E-state index contributed by atoms with van der Waals surface area (Å²) in [6, 6.07) is 11.9. The number of carbonyl (C=O) groups excluding carboxylic acids is 2.